The van der Waals surface area contributed by atoms with Crippen molar-refractivity contribution in [3.05, 3.63) is 60.7 Å². The van der Waals surface area contributed by atoms with Gasteiger partial charge < -0.3 is 4.74 Å². The number of para-hydroxylation sites is 1. The van der Waals surface area contributed by atoms with Gasteiger partial charge in [-0.1, -0.05) is 48.5 Å². The minimum absolute atomic E-state index is 0.0450. The lowest BCUT2D eigenvalue weighted by atomic mass is 10.0. The fraction of sp³-hybridized carbons (Fsp3) is 0.286. The molecule has 3 heteroatoms. The Kier molecular flexibility index (Phi) is 4.18. The van der Waals surface area contributed by atoms with E-state index in [-0.39, 0.29) is 6.23 Å². The highest BCUT2D eigenvalue weighted by molar-refractivity contribution is 5.86. The first-order valence-corrected chi connectivity index (χ1v) is 8.67. The Bertz CT molecular complexity index is 826. The summed E-state index contributed by atoms with van der Waals surface area (Å²) in [4.78, 5) is 7.19. The molecule has 1 fully saturated rings. The zero-order chi connectivity index (χ0) is 16.4. The summed E-state index contributed by atoms with van der Waals surface area (Å²) in [6, 6.07) is 20.8. The molecule has 2 aromatic carbocycles. The fourth-order valence-electron chi connectivity index (χ4n) is 3.35. The molecule has 0 saturated carbocycles. The van der Waals surface area contributed by atoms with Crippen LogP contribution in [0.3, 0.4) is 0 Å². The molecule has 3 nitrogen and oxygen atoms in total. The van der Waals surface area contributed by atoms with E-state index in [1.807, 2.05) is 24.3 Å². The first-order valence-electron chi connectivity index (χ1n) is 8.67. The van der Waals surface area contributed by atoms with Gasteiger partial charge in [0.1, 0.15) is 0 Å². The van der Waals surface area contributed by atoms with E-state index in [0.717, 1.165) is 41.0 Å². The molecule has 1 aliphatic rings. The smallest absolute Gasteiger partial charge is 0.223 e. The van der Waals surface area contributed by atoms with Crippen LogP contribution in [0.1, 0.15) is 19.8 Å². The quantitative estimate of drug-likeness (QED) is 0.696. The van der Waals surface area contributed by atoms with Crippen molar-refractivity contribution in [3.8, 4) is 17.0 Å². The van der Waals surface area contributed by atoms with Crippen molar-refractivity contribution in [1.29, 1.82) is 0 Å². The Morgan fingerprint density at radius 3 is 2.46 bits per heavy atom. The molecular weight excluding hydrogens is 296 g/mol. The van der Waals surface area contributed by atoms with Crippen molar-refractivity contribution in [2.45, 2.75) is 26.0 Å². The van der Waals surface area contributed by atoms with Crippen LogP contribution in [0.25, 0.3) is 22.0 Å². The molecule has 1 unspecified atom stereocenters. The standard InChI is InChI=1S/C21H22N2O/c1-16(23-13-7-8-14-23)24-21-19(17-9-3-2-4-10-17)15-18-11-5-6-12-20(18)22-21/h2-6,9-12,15-16H,7-8,13-14H2,1H3. The molecule has 3 aromatic rings. The van der Waals surface area contributed by atoms with E-state index in [2.05, 4.69) is 48.2 Å². The van der Waals surface area contributed by atoms with Crippen LogP contribution in [0.4, 0.5) is 0 Å². The average Bonchev–Trinajstić information content (AvgIpc) is 3.17. The minimum Gasteiger partial charge on any atom is -0.458 e. The van der Waals surface area contributed by atoms with Gasteiger partial charge in [-0.2, -0.15) is 0 Å². The van der Waals surface area contributed by atoms with Gasteiger partial charge in [0.05, 0.1) is 5.52 Å². The van der Waals surface area contributed by atoms with Gasteiger partial charge in [-0.05, 0) is 37.5 Å². The Morgan fingerprint density at radius 1 is 0.958 bits per heavy atom. The van der Waals surface area contributed by atoms with Crippen LogP contribution in [0.15, 0.2) is 60.7 Å². The molecule has 4 rings (SSSR count). The maximum atomic E-state index is 6.31. The van der Waals surface area contributed by atoms with Gasteiger partial charge >= 0.3 is 0 Å². The molecular formula is C21H22N2O. The largest absolute Gasteiger partial charge is 0.458 e. The second kappa shape index (κ2) is 6.62. The van der Waals surface area contributed by atoms with Crippen LogP contribution in [-0.2, 0) is 0 Å². The lowest BCUT2D eigenvalue weighted by Gasteiger charge is -2.25. The molecule has 1 saturated heterocycles. The molecule has 1 atom stereocenters. The number of rotatable bonds is 4. The van der Waals surface area contributed by atoms with Crippen LogP contribution in [0, 0.1) is 0 Å². The highest BCUT2D eigenvalue weighted by Crippen LogP contribution is 2.32. The number of pyridine rings is 1. The molecule has 0 aliphatic carbocycles. The molecule has 0 bridgehead atoms. The van der Waals surface area contributed by atoms with Crippen LogP contribution >= 0.6 is 0 Å². The summed E-state index contributed by atoms with van der Waals surface area (Å²) in [7, 11) is 0. The normalized spacial score (nSPS) is 16.4. The van der Waals surface area contributed by atoms with Crippen LogP contribution in [-0.4, -0.2) is 29.2 Å². The van der Waals surface area contributed by atoms with Crippen molar-refractivity contribution in [2.24, 2.45) is 0 Å². The molecule has 0 N–H and O–H groups in total. The van der Waals surface area contributed by atoms with Crippen molar-refractivity contribution in [1.82, 2.24) is 9.88 Å². The van der Waals surface area contributed by atoms with E-state index in [0.29, 0.717) is 0 Å². The van der Waals surface area contributed by atoms with Crippen molar-refractivity contribution < 1.29 is 4.74 Å². The molecule has 1 aliphatic heterocycles. The van der Waals surface area contributed by atoms with Crippen molar-refractivity contribution >= 4 is 10.9 Å². The minimum atomic E-state index is 0.0450. The number of nitrogens with zero attached hydrogens (tertiary/aromatic N) is 2. The zero-order valence-corrected chi connectivity index (χ0v) is 14.0. The Morgan fingerprint density at radius 2 is 1.67 bits per heavy atom. The zero-order valence-electron chi connectivity index (χ0n) is 14.0. The number of hydrogen-bond donors (Lipinski definition) is 0. The van der Waals surface area contributed by atoms with Gasteiger partial charge in [0.25, 0.3) is 0 Å². The molecule has 2 heterocycles. The van der Waals surface area contributed by atoms with Crippen molar-refractivity contribution in [2.75, 3.05) is 13.1 Å². The van der Waals surface area contributed by atoms with E-state index in [1.165, 1.54) is 12.8 Å². The molecule has 0 amide bonds. The number of likely N-dealkylation sites (tertiary alicyclic amines) is 1. The SMILES string of the molecule is CC(Oc1nc2ccccc2cc1-c1ccccc1)N1CCCC1. The number of fused-ring (bicyclic) bond motifs is 1. The molecule has 0 radical (unpaired) electrons. The van der Waals surface area contributed by atoms with Crippen LogP contribution < -0.4 is 4.74 Å². The number of hydrogen-bond acceptors (Lipinski definition) is 3. The summed E-state index contributed by atoms with van der Waals surface area (Å²) in [5, 5.41) is 1.14. The molecule has 1 aromatic heterocycles. The number of ether oxygens (including phenoxy) is 1. The van der Waals surface area contributed by atoms with Gasteiger partial charge in [0, 0.05) is 24.0 Å². The summed E-state index contributed by atoms with van der Waals surface area (Å²) in [5.41, 5.74) is 3.17. The van der Waals surface area contributed by atoms with Crippen LogP contribution in [0.2, 0.25) is 0 Å². The maximum Gasteiger partial charge on any atom is 0.223 e. The first-order chi connectivity index (χ1) is 11.8. The van der Waals surface area contributed by atoms with E-state index in [4.69, 9.17) is 9.72 Å². The Hall–Kier alpha value is -2.39. The lowest BCUT2D eigenvalue weighted by molar-refractivity contribution is 0.0560. The van der Waals surface area contributed by atoms with Gasteiger partial charge in [0.15, 0.2) is 6.23 Å². The van der Waals surface area contributed by atoms with E-state index >= 15 is 0 Å². The van der Waals surface area contributed by atoms with E-state index in [9.17, 15) is 0 Å². The monoisotopic (exact) mass is 318 g/mol. The van der Waals surface area contributed by atoms with Gasteiger partial charge in [-0.25, -0.2) is 4.98 Å². The van der Waals surface area contributed by atoms with Gasteiger partial charge in [0.2, 0.25) is 5.88 Å². The number of benzene rings is 2. The summed E-state index contributed by atoms with van der Waals surface area (Å²) in [6.45, 7) is 4.34. The Labute approximate surface area is 142 Å². The predicted molar refractivity (Wildman–Crippen MR) is 98.1 cm³/mol. The summed E-state index contributed by atoms with van der Waals surface area (Å²) in [5.74, 6) is 0.722. The van der Waals surface area contributed by atoms with Gasteiger partial charge in [-0.15, -0.1) is 0 Å². The lowest BCUT2D eigenvalue weighted by Crippen LogP contribution is -2.35. The van der Waals surface area contributed by atoms with Crippen LogP contribution in [0.5, 0.6) is 5.88 Å². The molecule has 0 spiro atoms. The van der Waals surface area contributed by atoms with Gasteiger partial charge in [-0.3, -0.25) is 4.90 Å². The maximum absolute atomic E-state index is 6.31. The fourth-order valence-corrected chi connectivity index (χ4v) is 3.35. The van der Waals surface area contributed by atoms with E-state index < -0.39 is 0 Å². The Balaban J connectivity index is 1.76. The molecule has 122 valence electrons. The topological polar surface area (TPSA) is 25.4 Å². The predicted octanol–water partition coefficient (Wildman–Crippen LogP) is 4.72. The summed E-state index contributed by atoms with van der Waals surface area (Å²) >= 11 is 0. The third kappa shape index (κ3) is 3.00. The second-order valence-corrected chi connectivity index (χ2v) is 6.36. The first kappa shape index (κ1) is 15.2. The van der Waals surface area contributed by atoms with Crippen molar-refractivity contribution in [3.63, 3.8) is 0 Å². The van der Waals surface area contributed by atoms with E-state index in [1.54, 1.807) is 0 Å². The third-order valence-electron chi connectivity index (χ3n) is 4.71. The third-order valence-corrected chi connectivity index (χ3v) is 4.71. The summed E-state index contributed by atoms with van der Waals surface area (Å²) < 4.78 is 6.31. The highest BCUT2D eigenvalue weighted by atomic mass is 16.5. The molecule has 24 heavy (non-hydrogen) atoms. The highest BCUT2D eigenvalue weighted by Gasteiger charge is 2.21. The average molecular weight is 318 g/mol. The second-order valence-electron chi connectivity index (χ2n) is 6.36. The summed E-state index contributed by atoms with van der Waals surface area (Å²) in [6.07, 6.45) is 2.55. The number of aromatic nitrogens is 1.